The lowest BCUT2D eigenvalue weighted by molar-refractivity contribution is -0.385. The molecule has 0 saturated heterocycles. The Morgan fingerprint density at radius 3 is 2.47 bits per heavy atom. The fourth-order valence-electron chi connectivity index (χ4n) is 1.42. The Kier molecular flexibility index (Phi) is 3.70. The minimum Gasteiger partial charge on any atom is -0.258 e. The van der Waals surface area contributed by atoms with Crippen molar-refractivity contribution in [2.75, 3.05) is 0 Å². The van der Waals surface area contributed by atoms with Gasteiger partial charge in [0.2, 0.25) is 0 Å². The second-order valence-corrected chi connectivity index (χ2v) is 5.66. The van der Waals surface area contributed by atoms with E-state index in [1.54, 1.807) is 13.0 Å². The largest absolute Gasteiger partial charge is 0.272 e. The molecule has 0 atom stereocenters. The van der Waals surface area contributed by atoms with Crippen LogP contribution in [0.25, 0.3) is 0 Å². The molecule has 0 aromatic heterocycles. The number of nitriles is 1. The number of hydrogen-bond donors (Lipinski definition) is 0. The molecule has 0 aliphatic heterocycles. The van der Waals surface area contributed by atoms with E-state index in [-0.39, 0.29) is 22.4 Å². The van der Waals surface area contributed by atoms with Crippen LogP contribution >= 0.6 is 10.7 Å². The highest BCUT2D eigenvalue weighted by Crippen LogP contribution is 2.28. The van der Waals surface area contributed by atoms with Gasteiger partial charge in [0, 0.05) is 22.8 Å². The molecule has 0 saturated carbocycles. The van der Waals surface area contributed by atoms with E-state index in [9.17, 15) is 18.5 Å². The van der Waals surface area contributed by atoms with Crippen LogP contribution in [0.15, 0.2) is 17.0 Å². The van der Waals surface area contributed by atoms with Gasteiger partial charge in [-0.3, -0.25) is 10.1 Å². The highest BCUT2D eigenvalue weighted by molar-refractivity contribution is 8.13. The van der Waals surface area contributed by atoms with Crippen molar-refractivity contribution in [3.8, 4) is 6.07 Å². The maximum Gasteiger partial charge on any atom is 0.272 e. The highest BCUT2D eigenvalue weighted by Gasteiger charge is 2.22. The lowest BCUT2D eigenvalue weighted by Crippen LogP contribution is -2.02. The summed E-state index contributed by atoms with van der Waals surface area (Å²) in [5.41, 5.74) is -0.341. The fourth-order valence-corrected chi connectivity index (χ4v) is 2.64. The quantitative estimate of drug-likeness (QED) is 0.476. The van der Waals surface area contributed by atoms with E-state index in [0.717, 1.165) is 12.1 Å². The van der Waals surface area contributed by atoms with Crippen molar-refractivity contribution in [3.63, 3.8) is 0 Å². The topological polar surface area (TPSA) is 101 Å². The first-order valence-corrected chi connectivity index (χ1v) is 6.78. The van der Waals surface area contributed by atoms with Crippen molar-refractivity contribution >= 4 is 25.4 Å². The van der Waals surface area contributed by atoms with E-state index >= 15 is 0 Å². The van der Waals surface area contributed by atoms with Crippen molar-refractivity contribution < 1.29 is 13.3 Å². The van der Waals surface area contributed by atoms with Crippen LogP contribution in [0.2, 0.25) is 0 Å². The molecule has 0 amide bonds. The molecule has 0 heterocycles. The molecule has 1 rings (SSSR count). The zero-order valence-electron chi connectivity index (χ0n) is 8.68. The second-order valence-electron chi connectivity index (χ2n) is 3.13. The van der Waals surface area contributed by atoms with Crippen molar-refractivity contribution in [3.05, 3.63) is 33.4 Å². The van der Waals surface area contributed by atoms with Crippen LogP contribution < -0.4 is 0 Å². The van der Waals surface area contributed by atoms with Crippen LogP contribution in [0, 0.1) is 21.4 Å². The Hall–Kier alpha value is -1.65. The van der Waals surface area contributed by atoms with E-state index in [0.29, 0.717) is 0 Å². The Bertz CT molecular complexity index is 619. The van der Waals surface area contributed by atoms with Gasteiger partial charge in [-0.1, -0.05) is 6.92 Å². The van der Waals surface area contributed by atoms with Gasteiger partial charge in [0.05, 0.1) is 21.5 Å². The van der Waals surface area contributed by atoms with E-state index in [2.05, 4.69) is 0 Å². The van der Waals surface area contributed by atoms with Crippen LogP contribution in [0.3, 0.4) is 0 Å². The van der Waals surface area contributed by atoms with Gasteiger partial charge in [0.25, 0.3) is 14.7 Å². The summed E-state index contributed by atoms with van der Waals surface area (Å²) < 4.78 is 22.6. The van der Waals surface area contributed by atoms with Gasteiger partial charge >= 0.3 is 0 Å². The van der Waals surface area contributed by atoms with Gasteiger partial charge in [-0.2, -0.15) is 5.26 Å². The molecular weight excluding hydrogens is 268 g/mol. The number of non-ortho nitro benzene ring substituents is 1. The molecule has 0 aliphatic carbocycles. The third kappa shape index (κ3) is 2.72. The average molecular weight is 275 g/mol. The zero-order chi connectivity index (χ0) is 13.2. The molecular formula is C9H7ClN2O4S. The minimum atomic E-state index is -4.12. The first-order chi connectivity index (χ1) is 7.81. The van der Waals surface area contributed by atoms with Crippen LogP contribution in [-0.2, 0) is 15.5 Å². The van der Waals surface area contributed by atoms with Gasteiger partial charge in [0.15, 0.2) is 0 Å². The van der Waals surface area contributed by atoms with Crippen molar-refractivity contribution in [1.29, 1.82) is 5.26 Å². The van der Waals surface area contributed by atoms with Crippen LogP contribution in [0.5, 0.6) is 0 Å². The Morgan fingerprint density at radius 2 is 2.12 bits per heavy atom. The molecule has 0 radical (unpaired) electrons. The van der Waals surface area contributed by atoms with E-state index in [4.69, 9.17) is 15.9 Å². The minimum absolute atomic E-state index is 0.0547. The zero-order valence-corrected chi connectivity index (χ0v) is 10.2. The van der Waals surface area contributed by atoms with Gasteiger partial charge in [-0.05, 0) is 12.0 Å². The third-order valence-corrected chi connectivity index (χ3v) is 3.53. The Balaban J connectivity index is 3.74. The summed E-state index contributed by atoms with van der Waals surface area (Å²) in [5, 5.41) is 19.4. The van der Waals surface area contributed by atoms with Crippen molar-refractivity contribution in [2.45, 2.75) is 18.2 Å². The molecule has 1 aromatic rings. The lowest BCUT2D eigenvalue weighted by atomic mass is 10.1. The van der Waals surface area contributed by atoms with Crippen molar-refractivity contribution in [2.24, 2.45) is 0 Å². The second kappa shape index (κ2) is 4.69. The summed E-state index contributed by atoms with van der Waals surface area (Å²) in [7, 11) is 1.07. The molecule has 90 valence electrons. The van der Waals surface area contributed by atoms with Gasteiger partial charge in [0.1, 0.15) is 0 Å². The van der Waals surface area contributed by atoms with E-state index < -0.39 is 19.7 Å². The highest BCUT2D eigenvalue weighted by atomic mass is 35.7. The maximum atomic E-state index is 11.3. The Labute approximate surface area is 102 Å². The summed E-state index contributed by atoms with van der Waals surface area (Å²) >= 11 is 0. The van der Waals surface area contributed by atoms with Crippen LogP contribution in [0.4, 0.5) is 5.69 Å². The van der Waals surface area contributed by atoms with Gasteiger partial charge in [-0.15, -0.1) is 0 Å². The predicted octanol–water partition coefficient (Wildman–Crippen LogP) is 1.96. The normalized spacial score (nSPS) is 10.9. The van der Waals surface area contributed by atoms with Gasteiger partial charge in [-0.25, -0.2) is 8.42 Å². The first kappa shape index (κ1) is 13.4. The van der Waals surface area contributed by atoms with Crippen LogP contribution in [0.1, 0.15) is 18.1 Å². The van der Waals surface area contributed by atoms with Crippen LogP contribution in [-0.4, -0.2) is 13.3 Å². The Morgan fingerprint density at radius 1 is 1.53 bits per heavy atom. The lowest BCUT2D eigenvalue weighted by Gasteiger charge is -2.06. The molecule has 0 spiro atoms. The van der Waals surface area contributed by atoms with E-state index in [1.807, 2.05) is 0 Å². The molecule has 0 N–H and O–H groups in total. The molecule has 17 heavy (non-hydrogen) atoms. The number of nitrogens with zero attached hydrogens (tertiary/aromatic N) is 2. The summed E-state index contributed by atoms with van der Waals surface area (Å²) in [5.74, 6) is 0. The number of benzene rings is 1. The number of rotatable bonds is 3. The predicted molar refractivity (Wildman–Crippen MR) is 60.2 cm³/mol. The molecule has 8 heteroatoms. The number of nitro benzene ring substituents is 1. The number of nitro groups is 1. The molecule has 0 fully saturated rings. The number of halogens is 1. The molecule has 1 aromatic carbocycles. The van der Waals surface area contributed by atoms with Gasteiger partial charge < -0.3 is 0 Å². The number of hydrogen-bond acceptors (Lipinski definition) is 5. The summed E-state index contributed by atoms with van der Waals surface area (Å²) in [6.07, 6.45) is 0.238. The molecule has 0 unspecified atom stereocenters. The summed E-state index contributed by atoms with van der Waals surface area (Å²) in [6, 6.07) is 3.62. The molecule has 0 bridgehead atoms. The molecule has 0 aliphatic rings. The third-order valence-electron chi connectivity index (χ3n) is 2.14. The van der Waals surface area contributed by atoms with E-state index in [1.165, 1.54) is 0 Å². The standard InChI is InChI=1S/C9H7ClN2O4S/c1-2-8-6(5-11)3-7(12(13)14)4-9(8)17(10,15)16/h3-4H,2H2,1H3. The first-order valence-electron chi connectivity index (χ1n) is 4.47. The maximum absolute atomic E-state index is 11.3. The smallest absolute Gasteiger partial charge is 0.258 e. The van der Waals surface area contributed by atoms with Crippen molar-refractivity contribution in [1.82, 2.24) is 0 Å². The SMILES string of the molecule is CCc1c(C#N)cc([N+](=O)[O-])cc1S(=O)(=O)Cl. The fraction of sp³-hybridized carbons (Fsp3) is 0.222. The average Bonchev–Trinajstić information content (AvgIpc) is 2.25. The molecule has 6 nitrogen and oxygen atoms in total. The monoisotopic (exact) mass is 274 g/mol. The summed E-state index contributed by atoms with van der Waals surface area (Å²) in [4.78, 5) is 9.45. The summed E-state index contributed by atoms with van der Waals surface area (Å²) in [6.45, 7) is 1.63.